The van der Waals surface area contributed by atoms with Gasteiger partial charge in [-0.3, -0.25) is 4.68 Å². The summed E-state index contributed by atoms with van der Waals surface area (Å²) in [6.45, 7) is 7.26. The number of hydrogen-bond donors (Lipinski definition) is 2. The highest BCUT2D eigenvalue weighted by molar-refractivity contribution is 5.17. The van der Waals surface area contributed by atoms with Gasteiger partial charge in [-0.1, -0.05) is 33.1 Å². The lowest BCUT2D eigenvalue weighted by Crippen LogP contribution is -2.25. The third-order valence-corrected chi connectivity index (χ3v) is 4.11. The largest absolute Gasteiger partial charge is 0.391 e. The van der Waals surface area contributed by atoms with E-state index in [4.69, 9.17) is 0 Å². The predicted molar refractivity (Wildman–Crippen MR) is 77.1 cm³/mol. The van der Waals surface area contributed by atoms with Crippen molar-refractivity contribution < 1.29 is 5.11 Å². The lowest BCUT2D eigenvalue weighted by atomic mass is 10.1. The first-order valence-corrected chi connectivity index (χ1v) is 7.54. The van der Waals surface area contributed by atoms with Crippen molar-refractivity contribution >= 4 is 0 Å². The molecule has 2 rings (SSSR count). The van der Waals surface area contributed by atoms with E-state index in [1.54, 1.807) is 0 Å². The van der Waals surface area contributed by atoms with Gasteiger partial charge in [-0.2, -0.15) is 5.10 Å². The van der Waals surface area contributed by atoms with Crippen LogP contribution < -0.4 is 5.32 Å². The molecule has 0 amide bonds. The summed E-state index contributed by atoms with van der Waals surface area (Å²) < 4.78 is 2.05. The van der Waals surface area contributed by atoms with Crippen LogP contribution in [0.5, 0.6) is 0 Å². The molecule has 108 valence electrons. The van der Waals surface area contributed by atoms with E-state index in [1.807, 2.05) is 10.9 Å². The van der Waals surface area contributed by atoms with E-state index in [1.165, 1.54) is 24.1 Å². The highest BCUT2D eigenvalue weighted by Gasteiger charge is 2.25. The van der Waals surface area contributed by atoms with Gasteiger partial charge in [0.15, 0.2) is 0 Å². The van der Waals surface area contributed by atoms with E-state index in [9.17, 15) is 5.11 Å². The van der Waals surface area contributed by atoms with Crippen molar-refractivity contribution in [3.8, 4) is 0 Å². The second-order valence-corrected chi connectivity index (χ2v) is 6.01. The number of rotatable bonds is 4. The van der Waals surface area contributed by atoms with Gasteiger partial charge in [0.25, 0.3) is 0 Å². The van der Waals surface area contributed by atoms with Gasteiger partial charge in [-0.05, 0) is 19.8 Å². The summed E-state index contributed by atoms with van der Waals surface area (Å²) in [5, 5.41) is 18.2. The molecule has 1 aliphatic carbocycles. The molecule has 1 fully saturated rings. The van der Waals surface area contributed by atoms with Crippen LogP contribution in [0.25, 0.3) is 0 Å². The number of hydrogen-bond acceptors (Lipinski definition) is 3. The normalized spacial score (nSPS) is 24.7. The van der Waals surface area contributed by atoms with Crippen LogP contribution in [0, 0.1) is 6.92 Å². The van der Waals surface area contributed by atoms with Crippen molar-refractivity contribution in [3.05, 3.63) is 17.5 Å². The summed E-state index contributed by atoms with van der Waals surface area (Å²) in [4.78, 5) is 0. The van der Waals surface area contributed by atoms with E-state index in [0.717, 1.165) is 25.8 Å². The molecule has 1 aromatic heterocycles. The monoisotopic (exact) mass is 265 g/mol. The Morgan fingerprint density at radius 2 is 2.11 bits per heavy atom. The quantitative estimate of drug-likeness (QED) is 0.823. The third-order valence-electron chi connectivity index (χ3n) is 4.11. The number of nitrogens with zero attached hydrogens (tertiary/aromatic N) is 2. The molecule has 2 atom stereocenters. The van der Waals surface area contributed by atoms with Crippen molar-refractivity contribution in [3.63, 3.8) is 0 Å². The van der Waals surface area contributed by atoms with Gasteiger partial charge in [0.1, 0.15) is 0 Å². The highest BCUT2D eigenvalue weighted by atomic mass is 16.3. The van der Waals surface area contributed by atoms with Gasteiger partial charge in [0.05, 0.1) is 18.3 Å². The Hall–Kier alpha value is -0.870. The maximum absolute atomic E-state index is 10.3. The first kappa shape index (κ1) is 14.5. The van der Waals surface area contributed by atoms with Gasteiger partial charge >= 0.3 is 0 Å². The van der Waals surface area contributed by atoms with Crippen LogP contribution in [0.1, 0.15) is 63.3 Å². The number of nitrogens with one attached hydrogen (secondary N) is 1. The standard InChI is InChI=1S/C15H27N3O/c1-11(2)16-9-13-10-17-18(12(13)3)14-7-5-4-6-8-15(14)19/h10-11,14-16,19H,4-9H2,1-3H3. The van der Waals surface area contributed by atoms with E-state index in [2.05, 4.69) is 31.2 Å². The molecule has 19 heavy (non-hydrogen) atoms. The molecule has 1 aromatic rings. The van der Waals surface area contributed by atoms with Crippen LogP contribution >= 0.6 is 0 Å². The molecular formula is C15H27N3O. The summed E-state index contributed by atoms with van der Waals surface area (Å²) >= 11 is 0. The SMILES string of the molecule is Cc1c(CNC(C)C)cnn1C1CCCCCC1O. The minimum Gasteiger partial charge on any atom is -0.391 e. The molecule has 1 aliphatic rings. The molecule has 0 spiro atoms. The van der Waals surface area contributed by atoms with Crippen molar-refractivity contribution in [2.75, 3.05) is 0 Å². The minimum absolute atomic E-state index is 0.162. The summed E-state index contributed by atoms with van der Waals surface area (Å²) in [5.41, 5.74) is 2.43. The smallest absolute Gasteiger partial charge is 0.0781 e. The average Bonchev–Trinajstić information content (AvgIpc) is 2.58. The molecule has 2 unspecified atom stereocenters. The first-order valence-electron chi connectivity index (χ1n) is 7.54. The van der Waals surface area contributed by atoms with Gasteiger partial charge in [-0.15, -0.1) is 0 Å². The Morgan fingerprint density at radius 1 is 1.37 bits per heavy atom. The highest BCUT2D eigenvalue weighted by Crippen LogP contribution is 2.28. The lowest BCUT2D eigenvalue weighted by Gasteiger charge is -2.22. The Morgan fingerprint density at radius 3 is 2.84 bits per heavy atom. The zero-order chi connectivity index (χ0) is 13.8. The van der Waals surface area contributed by atoms with E-state index in [0.29, 0.717) is 6.04 Å². The van der Waals surface area contributed by atoms with Crippen LogP contribution in [-0.4, -0.2) is 27.0 Å². The molecule has 0 saturated heterocycles. The average molecular weight is 265 g/mol. The van der Waals surface area contributed by atoms with Gasteiger partial charge < -0.3 is 10.4 Å². The van der Waals surface area contributed by atoms with Crippen LogP contribution in [0.3, 0.4) is 0 Å². The molecule has 4 heteroatoms. The van der Waals surface area contributed by atoms with Crippen molar-refractivity contribution in [2.24, 2.45) is 0 Å². The molecule has 1 saturated carbocycles. The number of aliphatic hydroxyl groups excluding tert-OH is 1. The van der Waals surface area contributed by atoms with Crippen molar-refractivity contribution in [1.29, 1.82) is 0 Å². The van der Waals surface area contributed by atoms with Crippen LogP contribution in [-0.2, 0) is 6.54 Å². The van der Waals surface area contributed by atoms with E-state index in [-0.39, 0.29) is 12.1 Å². The second kappa shape index (κ2) is 6.53. The molecule has 0 aromatic carbocycles. The van der Waals surface area contributed by atoms with Crippen LogP contribution in [0.15, 0.2) is 6.20 Å². The van der Waals surface area contributed by atoms with E-state index < -0.39 is 0 Å². The minimum atomic E-state index is -0.244. The maximum atomic E-state index is 10.3. The van der Waals surface area contributed by atoms with Gasteiger partial charge in [0, 0.05) is 23.8 Å². The summed E-state index contributed by atoms with van der Waals surface area (Å²) in [6.07, 6.45) is 7.22. The molecule has 2 N–H and O–H groups in total. The van der Waals surface area contributed by atoms with Crippen molar-refractivity contribution in [1.82, 2.24) is 15.1 Å². The topological polar surface area (TPSA) is 50.1 Å². The molecule has 0 bridgehead atoms. The van der Waals surface area contributed by atoms with Crippen LogP contribution in [0.4, 0.5) is 0 Å². The fourth-order valence-corrected chi connectivity index (χ4v) is 2.83. The third kappa shape index (κ3) is 3.57. The fraction of sp³-hybridized carbons (Fsp3) is 0.800. The predicted octanol–water partition coefficient (Wildman–Crippen LogP) is 2.56. The summed E-state index contributed by atoms with van der Waals surface area (Å²) in [5.74, 6) is 0. The molecule has 0 aliphatic heterocycles. The van der Waals surface area contributed by atoms with E-state index >= 15 is 0 Å². The Kier molecular flexibility index (Phi) is 4.99. The lowest BCUT2D eigenvalue weighted by molar-refractivity contribution is 0.0979. The number of aromatic nitrogens is 2. The second-order valence-electron chi connectivity index (χ2n) is 6.01. The molecule has 1 heterocycles. The van der Waals surface area contributed by atoms with Crippen LogP contribution in [0.2, 0.25) is 0 Å². The fourth-order valence-electron chi connectivity index (χ4n) is 2.83. The molecule has 0 radical (unpaired) electrons. The molecular weight excluding hydrogens is 238 g/mol. The zero-order valence-electron chi connectivity index (χ0n) is 12.4. The number of aliphatic hydroxyl groups is 1. The summed E-state index contributed by atoms with van der Waals surface area (Å²) in [6, 6.07) is 0.640. The van der Waals surface area contributed by atoms with Gasteiger partial charge in [-0.25, -0.2) is 0 Å². The Balaban J connectivity index is 2.11. The molecule has 4 nitrogen and oxygen atoms in total. The van der Waals surface area contributed by atoms with Crippen molar-refractivity contribution in [2.45, 2.75) is 77.6 Å². The summed E-state index contributed by atoms with van der Waals surface area (Å²) in [7, 11) is 0. The zero-order valence-corrected chi connectivity index (χ0v) is 12.4. The maximum Gasteiger partial charge on any atom is 0.0781 e. The first-order chi connectivity index (χ1) is 9.09. The Labute approximate surface area is 116 Å². The van der Waals surface area contributed by atoms with Gasteiger partial charge in [0.2, 0.25) is 0 Å². The Bertz CT molecular complexity index is 400.